The van der Waals surface area contributed by atoms with Crippen LogP contribution in [0.25, 0.3) is 0 Å². The fourth-order valence-electron chi connectivity index (χ4n) is 1.60. The number of carboxylic acids is 2. The summed E-state index contributed by atoms with van der Waals surface area (Å²) in [6.07, 6.45) is -1.35. The molecule has 0 radical (unpaired) electrons. The molecule has 0 spiro atoms. The molecule has 0 aromatic heterocycles. The Balaban J connectivity index is 0.00000361. The molecule has 1 aromatic rings. The van der Waals surface area contributed by atoms with E-state index in [9.17, 15) is 23.1 Å². The van der Waals surface area contributed by atoms with Crippen molar-refractivity contribution in [3.8, 4) is 0 Å². The Kier molecular flexibility index (Phi) is 6.33. The van der Waals surface area contributed by atoms with Crippen LogP contribution in [0.1, 0.15) is 39.3 Å². The Hall–Kier alpha value is -0.970. The zero-order chi connectivity index (χ0) is 15.0. The first-order valence-corrected chi connectivity index (χ1v) is 6.30. The molecule has 1 rings (SSSR count). The van der Waals surface area contributed by atoms with E-state index >= 15 is 0 Å². The van der Waals surface area contributed by atoms with Gasteiger partial charge in [0.25, 0.3) is 10.1 Å². The van der Waals surface area contributed by atoms with E-state index in [0.717, 1.165) is 12.1 Å². The van der Waals surface area contributed by atoms with E-state index in [4.69, 9.17) is 14.8 Å². The van der Waals surface area contributed by atoms with Crippen molar-refractivity contribution >= 4 is 51.6 Å². The maximum absolute atomic E-state index is 11.2. The number of benzene rings is 1. The molecular formula is C10H11NaO8S. The number of rotatable bonds is 4. The monoisotopic (exact) mass is 314 g/mol. The number of aromatic carboxylic acids is 2. The minimum atomic E-state index is -5.08. The maximum atomic E-state index is 11.2. The van der Waals surface area contributed by atoms with Crippen LogP contribution in [0.5, 0.6) is 0 Å². The van der Waals surface area contributed by atoms with Gasteiger partial charge in [-0.05, 0) is 18.6 Å². The van der Waals surface area contributed by atoms with Gasteiger partial charge in [0, 0.05) is 0 Å². The minimum absolute atomic E-state index is 0. The molecule has 0 saturated heterocycles. The fourth-order valence-corrected chi connectivity index (χ4v) is 2.50. The summed E-state index contributed by atoms with van der Waals surface area (Å²) in [5.74, 6) is -3.49. The van der Waals surface area contributed by atoms with Crippen molar-refractivity contribution in [2.75, 3.05) is 0 Å². The van der Waals surface area contributed by atoms with Crippen LogP contribution in [0.15, 0.2) is 17.0 Å². The SMILES string of the molecule is CC(O)c1ccc(C(=O)O)c(S(=O)(=O)O)c1C(=O)O.[NaH]. The Morgan fingerprint density at radius 3 is 1.95 bits per heavy atom. The van der Waals surface area contributed by atoms with Gasteiger partial charge in [0.15, 0.2) is 0 Å². The number of hydrogen-bond donors (Lipinski definition) is 4. The zero-order valence-corrected chi connectivity index (χ0v) is 10.4. The van der Waals surface area contributed by atoms with Crippen molar-refractivity contribution < 1.29 is 37.9 Å². The number of hydrogen-bond acceptors (Lipinski definition) is 5. The number of aliphatic hydroxyl groups excluding tert-OH is 1. The standard InChI is InChI=1S/C10H10O8S.Na.H/c1-4(11)5-2-3-6(9(12)13)8(19(16,17)18)7(5)10(14)15;;/h2-4,11H,1H3,(H,12,13)(H,14,15)(H,16,17,18);;. The summed E-state index contributed by atoms with van der Waals surface area (Å²) in [5, 5.41) is 27.2. The van der Waals surface area contributed by atoms with E-state index in [2.05, 4.69) is 0 Å². The van der Waals surface area contributed by atoms with Gasteiger partial charge in [-0.3, -0.25) is 4.55 Å². The first-order valence-electron chi connectivity index (χ1n) is 4.86. The van der Waals surface area contributed by atoms with Gasteiger partial charge in [0.05, 0.1) is 17.2 Å². The van der Waals surface area contributed by atoms with Crippen molar-refractivity contribution in [1.29, 1.82) is 0 Å². The molecule has 0 amide bonds. The zero-order valence-electron chi connectivity index (χ0n) is 9.56. The van der Waals surface area contributed by atoms with E-state index in [-0.39, 0.29) is 35.1 Å². The molecule has 0 bridgehead atoms. The predicted molar refractivity (Wildman–Crippen MR) is 68.0 cm³/mol. The second-order valence-electron chi connectivity index (χ2n) is 3.67. The molecule has 106 valence electrons. The average Bonchev–Trinajstić information content (AvgIpc) is 2.25. The Labute approximate surface area is 136 Å². The van der Waals surface area contributed by atoms with Crippen LogP contribution in [0, 0.1) is 0 Å². The number of carboxylic acid groups (broad SMARTS) is 2. The van der Waals surface area contributed by atoms with Crippen LogP contribution in [0.2, 0.25) is 0 Å². The Morgan fingerprint density at radius 1 is 1.15 bits per heavy atom. The van der Waals surface area contributed by atoms with Gasteiger partial charge < -0.3 is 15.3 Å². The quantitative estimate of drug-likeness (QED) is 0.438. The first kappa shape index (κ1) is 19.0. The van der Waals surface area contributed by atoms with Crippen molar-refractivity contribution in [2.45, 2.75) is 17.9 Å². The molecule has 0 aliphatic heterocycles. The molecule has 4 N–H and O–H groups in total. The molecular weight excluding hydrogens is 303 g/mol. The average molecular weight is 314 g/mol. The first-order chi connectivity index (χ1) is 8.57. The summed E-state index contributed by atoms with van der Waals surface area (Å²) >= 11 is 0. The summed E-state index contributed by atoms with van der Waals surface area (Å²) in [5.41, 5.74) is -2.16. The fraction of sp³-hybridized carbons (Fsp3) is 0.200. The molecule has 20 heavy (non-hydrogen) atoms. The number of aliphatic hydroxyl groups is 1. The van der Waals surface area contributed by atoms with Gasteiger partial charge in [0.2, 0.25) is 0 Å². The summed E-state index contributed by atoms with van der Waals surface area (Å²) in [6.45, 7) is 1.18. The third-order valence-electron chi connectivity index (χ3n) is 2.34. The van der Waals surface area contributed by atoms with Crippen molar-refractivity contribution in [2.24, 2.45) is 0 Å². The van der Waals surface area contributed by atoms with Gasteiger partial charge in [0.1, 0.15) is 4.90 Å². The van der Waals surface area contributed by atoms with Crippen molar-refractivity contribution in [1.82, 2.24) is 0 Å². The van der Waals surface area contributed by atoms with Gasteiger partial charge in [-0.2, -0.15) is 8.42 Å². The second-order valence-corrected chi connectivity index (χ2v) is 5.03. The topological polar surface area (TPSA) is 149 Å². The molecule has 8 nitrogen and oxygen atoms in total. The summed E-state index contributed by atoms with van der Waals surface area (Å²) in [6, 6.07) is 1.78. The van der Waals surface area contributed by atoms with E-state index < -0.39 is 44.2 Å². The third-order valence-corrected chi connectivity index (χ3v) is 3.28. The summed E-state index contributed by atoms with van der Waals surface area (Å²) < 4.78 is 31.4. The van der Waals surface area contributed by atoms with Crippen molar-refractivity contribution in [3.05, 3.63) is 28.8 Å². The van der Waals surface area contributed by atoms with E-state index in [0.29, 0.717) is 0 Å². The van der Waals surface area contributed by atoms with Gasteiger partial charge >= 0.3 is 41.5 Å². The van der Waals surface area contributed by atoms with E-state index in [1.165, 1.54) is 6.92 Å². The molecule has 1 atom stereocenters. The van der Waals surface area contributed by atoms with Crippen LogP contribution in [-0.4, -0.2) is 69.8 Å². The number of carbonyl (C=O) groups is 2. The van der Waals surface area contributed by atoms with E-state index in [1.54, 1.807) is 0 Å². The van der Waals surface area contributed by atoms with Crippen molar-refractivity contribution in [3.63, 3.8) is 0 Å². The second kappa shape index (κ2) is 6.66. The molecule has 1 unspecified atom stereocenters. The third kappa shape index (κ3) is 3.78. The summed E-state index contributed by atoms with van der Waals surface area (Å²) in [4.78, 5) is 20.7. The Bertz CT molecular complexity index is 649. The van der Waals surface area contributed by atoms with Crippen LogP contribution in [0.4, 0.5) is 0 Å². The Morgan fingerprint density at radius 2 is 1.65 bits per heavy atom. The van der Waals surface area contributed by atoms with Crippen LogP contribution >= 0.6 is 0 Å². The molecule has 1 aromatic carbocycles. The van der Waals surface area contributed by atoms with Gasteiger partial charge in [-0.15, -0.1) is 0 Å². The van der Waals surface area contributed by atoms with Gasteiger partial charge in [-0.25, -0.2) is 9.59 Å². The molecule has 0 aliphatic carbocycles. The van der Waals surface area contributed by atoms with Crippen LogP contribution in [-0.2, 0) is 10.1 Å². The molecule has 0 aliphatic rings. The predicted octanol–water partition coefficient (Wildman–Crippen LogP) is -0.265. The molecule has 10 heteroatoms. The molecule has 0 fully saturated rings. The van der Waals surface area contributed by atoms with E-state index in [1.807, 2.05) is 0 Å². The molecule has 0 heterocycles. The van der Waals surface area contributed by atoms with Crippen LogP contribution < -0.4 is 0 Å². The normalized spacial score (nSPS) is 12.3. The molecule has 0 saturated carbocycles. The van der Waals surface area contributed by atoms with Crippen LogP contribution in [0.3, 0.4) is 0 Å². The van der Waals surface area contributed by atoms with Gasteiger partial charge in [-0.1, -0.05) is 6.07 Å². The summed E-state index contributed by atoms with van der Waals surface area (Å²) in [7, 11) is -5.08.